The van der Waals surface area contributed by atoms with Gasteiger partial charge in [-0.2, -0.15) is 38.2 Å². The molecule has 0 aromatic heterocycles. The van der Waals surface area contributed by atoms with Crippen molar-refractivity contribution in [2.75, 3.05) is 36.1 Å². The highest BCUT2D eigenvalue weighted by atomic mass is 32.2. The lowest BCUT2D eigenvalue weighted by Gasteiger charge is -2.30. The van der Waals surface area contributed by atoms with Crippen molar-refractivity contribution in [3.8, 4) is 0 Å². The van der Waals surface area contributed by atoms with E-state index in [9.17, 15) is 61.8 Å². The Hall–Kier alpha value is -3.54. The molecule has 4 rings (SSSR count). The van der Waals surface area contributed by atoms with Crippen LogP contribution in [0.5, 0.6) is 0 Å². The minimum absolute atomic E-state index is 0.0159. The molecule has 0 spiro atoms. The van der Waals surface area contributed by atoms with E-state index in [2.05, 4.69) is 0 Å². The second-order valence-corrected chi connectivity index (χ2v) is 20.3. The van der Waals surface area contributed by atoms with Crippen LogP contribution in [-0.4, -0.2) is 110 Å². The number of anilines is 1. The Morgan fingerprint density at radius 3 is 1.84 bits per heavy atom. The summed E-state index contributed by atoms with van der Waals surface area (Å²) in [6, 6.07) is 7.93. The van der Waals surface area contributed by atoms with Crippen molar-refractivity contribution in [2.24, 2.45) is 0 Å². The van der Waals surface area contributed by atoms with Gasteiger partial charge < -0.3 is 15.1 Å². The number of aliphatic carboxylic acids is 1. The zero-order chi connectivity index (χ0) is 41.9. The number of aliphatic hydroxyl groups is 1. The van der Waals surface area contributed by atoms with Crippen LogP contribution >= 0.6 is 0 Å². The van der Waals surface area contributed by atoms with E-state index in [1.807, 2.05) is 4.58 Å². The van der Waals surface area contributed by atoms with E-state index >= 15 is 0 Å². The first-order valence-corrected chi connectivity index (χ1v) is 23.7. The summed E-state index contributed by atoms with van der Waals surface area (Å²) >= 11 is 0. The van der Waals surface area contributed by atoms with Gasteiger partial charge in [0.2, 0.25) is 5.69 Å². The lowest BCUT2D eigenvalue weighted by molar-refractivity contribution is -0.438. The standard InChI is InChI=1S/C35H46N2O15S4/c1-34(16-7-21-53(41,42)43)27-23-25(55(47,48)49)12-14-29(27)36(18-5-3-4-11-33(39)40)31(34)9-6-10-32-35(2,17-8-22-54(44,45)46)28-24-26(56(50,51)52)13-15-30(28)37(32)19-20-38/h6,9-10,12-15,23-24,38H,3-5,7-8,11,16-22H2,1-2H3,(H4-,39,40,41,42,43,44,45,46,47,48,49,50,51,52)/p+1. The second-order valence-electron chi connectivity index (χ2n) is 14.3. The van der Waals surface area contributed by atoms with Gasteiger partial charge in [-0.05, 0) is 94.3 Å². The third-order valence-electron chi connectivity index (χ3n) is 10.3. The first kappa shape index (κ1) is 45.2. The fraction of sp³-hybridized carbons (Fsp3) is 0.486. The van der Waals surface area contributed by atoms with Gasteiger partial charge in [-0.25, -0.2) is 0 Å². The smallest absolute Gasteiger partial charge is 0.303 e. The summed E-state index contributed by atoms with van der Waals surface area (Å²) in [4.78, 5) is 12.0. The Morgan fingerprint density at radius 2 is 1.30 bits per heavy atom. The molecule has 0 aliphatic carbocycles. The maximum absolute atomic E-state index is 12.3. The number of fused-ring (bicyclic) bond motifs is 2. The lowest BCUT2D eigenvalue weighted by atomic mass is 9.75. The number of carboxylic acid groups (broad SMARTS) is 1. The summed E-state index contributed by atoms with van der Waals surface area (Å²) in [5.41, 5.74) is 0.615. The highest BCUT2D eigenvalue weighted by Gasteiger charge is 2.48. The van der Waals surface area contributed by atoms with Gasteiger partial charge in [0.1, 0.15) is 6.54 Å². The number of benzene rings is 2. The molecule has 2 aliphatic heterocycles. The van der Waals surface area contributed by atoms with E-state index in [-0.39, 0.29) is 45.3 Å². The van der Waals surface area contributed by atoms with E-state index in [4.69, 9.17) is 5.11 Å². The number of hydrogen-bond donors (Lipinski definition) is 6. The minimum Gasteiger partial charge on any atom is -0.481 e. The number of carboxylic acids is 1. The zero-order valence-electron chi connectivity index (χ0n) is 30.8. The largest absolute Gasteiger partial charge is 0.481 e. The van der Waals surface area contributed by atoms with Crippen LogP contribution in [0.3, 0.4) is 0 Å². The van der Waals surface area contributed by atoms with Crippen LogP contribution in [0.2, 0.25) is 0 Å². The number of carbonyl (C=O) groups is 1. The maximum atomic E-state index is 12.3. The van der Waals surface area contributed by atoms with Gasteiger partial charge in [-0.15, -0.1) is 0 Å². The highest BCUT2D eigenvalue weighted by molar-refractivity contribution is 7.86. The SMILES string of the molecule is CC1(CCCS(=O)(=O)O)C(/C=C/C=C2/N(CCO)c3ccc(S(=O)(=O)O)cc3C2(C)CCCS(=O)(=O)O)=[N+](CCCCCC(=O)O)c2ccc(S(=O)(=O)O)cc21. The molecule has 0 fully saturated rings. The van der Waals surface area contributed by atoms with Crippen LogP contribution in [0.25, 0.3) is 0 Å². The molecule has 21 heteroatoms. The van der Waals surface area contributed by atoms with Crippen molar-refractivity contribution < 1.29 is 71.5 Å². The number of hydrogen-bond acceptors (Lipinski definition) is 11. The summed E-state index contributed by atoms with van der Waals surface area (Å²) in [5.74, 6) is -2.16. The maximum Gasteiger partial charge on any atom is 0.303 e. The van der Waals surface area contributed by atoms with Gasteiger partial charge in [0.15, 0.2) is 5.71 Å². The summed E-state index contributed by atoms with van der Waals surface area (Å²) in [5, 5.41) is 19.2. The monoisotopic (exact) mass is 863 g/mol. The van der Waals surface area contributed by atoms with Gasteiger partial charge in [0, 0.05) is 53.9 Å². The third-order valence-corrected chi connectivity index (χ3v) is 13.6. The predicted molar refractivity (Wildman–Crippen MR) is 206 cm³/mol. The van der Waals surface area contributed by atoms with Gasteiger partial charge >= 0.3 is 5.97 Å². The molecule has 0 bridgehead atoms. The van der Waals surface area contributed by atoms with Crippen molar-refractivity contribution in [3.05, 3.63) is 71.5 Å². The van der Waals surface area contributed by atoms with Crippen LogP contribution in [0.15, 0.2) is 70.1 Å². The normalized spacial score (nSPS) is 21.0. The number of rotatable bonds is 20. The van der Waals surface area contributed by atoms with Crippen molar-refractivity contribution in [1.82, 2.24) is 0 Å². The van der Waals surface area contributed by atoms with Gasteiger partial charge in [0.25, 0.3) is 40.5 Å². The fourth-order valence-electron chi connectivity index (χ4n) is 7.66. The highest BCUT2D eigenvalue weighted by Crippen LogP contribution is 2.51. The molecule has 2 aromatic rings. The van der Waals surface area contributed by atoms with E-state index in [1.54, 1.807) is 37.0 Å². The molecule has 17 nitrogen and oxygen atoms in total. The zero-order valence-corrected chi connectivity index (χ0v) is 34.0. The Labute approximate surface area is 327 Å². The molecule has 2 heterocycles. The van der Waals surface area contributed by atoms with E-state index < -0.39 is 78.6 Å². The van der Waals surface area contributed by atoms with E-state index in [0.29, 0.717) is 59.7 Å². The number of nitrogens with zero attached hydrogens (tertiary/aromatic N) is 2. The van der Waals surface area contributed by atoms with Crippen LogP contribution < -0.4 is 4.90 Å². The number of β-amino-alcohol motifs (C(OH)–C–C–N with tert-alkyl or cyclic N) is 1. The summed E-state index contributed by atoms with van der Waals surface area (Å²) < 4.78 is 136. The molecular weight excluding hydrogens is 817 g/mol. The molecule has 2 aliphatic rings. The van der Waals surface area contributed by atoms with Crippen LogP contribution in [-0.2, 0) is 56.1 Å². The average molecular weight is 864 g/mol. The molecule has 2 atom stereocenters. The minimum atomic E-state index is -4.67. The third kappa shape index (κ3) is 10.7. The molecule has 0 saturated carbocycles. The molecule has 0 saturated heterocycles. The fourth-order valence-corrected chi connectivity index (χ4v) is 9.69. The molecule has 2 unspecified atom stereocenters. The molecule has 6 N–H and O–H groups in total. The van der Waals surface area contributed by atoms with Crippen LogP contribution in [0, 0.1) is 0 Å². The summed E-state index contributed by atoms with van der Waals surface area (Å²) in [6.45, 7) is 3.45. The molecule has 2 aromatic carbocycles. The Bertz CT molecular complexity index is 2390. The van der Waals surface area contributed by atoms with Crippen molar-refractivity contribution in [1.29, 1.82) is 0 Å². The Kier molecular flexibility index (Phi) is 13.8. The first-order chi connectivity index (χ1) is 25.8. The van der Waals surface area contributed by atoms with Crippen molar-refractivity contribution >= 4 is 63.5 Å². The van der Waals surface area contributed by atoms with Crippen LogP contribution in [0.4, 0.5) is 11.4 Å². The Balaban J connectivity index is 1.92. The topological polar surface area (TPSA) is 281 Å². The average Bonchev–Trinajstić information content (AvgIpc) is 3.43. The van der Waals surface area contributed by atoms with Crippen molar-refractivity contribution in [2.45, 2.75) is 85.8 Å². The van der Waals surface area contributed by atoms with Gasteiger partial charge in [-0.3, -0.25) is 23.0 Å². The van der Waals surface area contributed by atoms with E-state index in [0.717, 1.165) is 0 Å². The first-order valence-electron chi connectivity index (χ1n) is 17.6. The van der Waals surface area contributed by atoms with Gasteiger partial charge in [-0.1, -0.05) is 6.08 Å². The van der Waals surface area contributed by atoms with Crippen LogP contribution in [0.1, 0.15) is 76.3 Å². The quantitative estimate of drug-likeness (QED) is 0.0628. The molecule has 0 amide bonds. The summed E-state index contributed by atoms with van der Waals surface area (Å²) in [7, 11) is -18.1. The number of allylic oxidation sites excluding steroid dienone is 4. The van der Waals surface area contributed by atoms with Gasteiger partial charge in [0.05, 0.1) is 33.3 Å². The summed E-state index contributed by atoms with van der Waals surface area (Å²) in [6.07, 6.45) is 6.37. The lowest BCUT2D eigenvalue weighted by Crippen LogP contribution is -2.32. The molecule has 0 radical (unpaired) electrons. The number of unbranched alkanes of at least 4 members (excludes halogenated alkanes) is 2. The van der Waals surface area contributed by atoms with E-state index in [1.165, 1.54) is 36.4 Å². The Morgan fingerprint density at radius 1 is 0.750 bits per heavy atom. The van der Waals surface area contributed by atoms with Crippen molar-refractivity contribution in [3.63, 3.8) is 0 Å². The predicted octanol–water partition coefficient (Wildman–Crippen LogP) is 3.73. The second kappa shape index (κ2) is 17.1. The molecular formula is C35H47N2O15S4+. The number of aliphatic hydroxyl groups excluding tert-OH is 1. The molecule has 56 heavy (non-hydrogen) atoms. The molecule has 310 valence electrons.